The van der Waals surface area contributed by atoms with Gasteiger partial charge in [-0.3, -0.25) is 4.79 Å². The maximum absolute atomic E-state index is 13.1. The first-order valence-corrected chi connectivity index (χ1v) is 8.75. The molecule has 2 fully saturated rings. The van der Waals surface area contributed by atoms with Gasteiger partial charge in [-0.05, 0) is 50.9 Å². The van der Waals surface area contributed by atoms with Crippen molar-refractivity contribution in [2.45, 2.75) is 31.7 Å². The van der Waals surface area contributed by atoms with Gasteiger partial charge in [0.15, 0.2) is 11.5 Å². The first-order valence-electron chi connectivity index (χ1n) is 8.75. The predicted octanol–water partition coefficient (Wildman–Crippen LogP) is 2.16. The fourth-order valence-electron chi connectivity index (χ4n) is 3.95. The van der Waals surface area contributed by atoms with Crippen molar-refractivity contribution in [2.75, 3.05) is 39.4 Å². The maximum atomic E-state index is 13.1. The normalized spacial score (nSPS) is 24.2. The van der Waals surface area contributed by atoms with E-state index in [0.29, 0.717) is 36.3 Å². The molecule has 5 heteroatoms. The van der Waals surface area contributed by atoms with Crippen molar-refractivity contribution in [3.05, 3.63) is 23.8 Å². The summed E-state index contributed by atoms with van der Waals surface area (Å²) >= 11 is 0. The zero-order chi connectivity index (χ0) is 15.6. The van der Waals surface area contributed by atoms with Gasteiger partial charge in [-0.2, -0.15) is 0 Å². The van der Waals surface area contributed by atoms with Crippen molar-refractivity contribution in [1.82, 2.24) is 9.80 Å². The van der Waals surface area contributed by atoms with E-state index in [0.717, 1.165) is 25.9 Å². The smallest absolute Gasteiger partial charge is 0.258 e. The fraction of sp³-hybridized carbons (Fsp3) is 0.611. The van der Waals surface area contributed by atoms with E-state index in [4.69, 9.17) is 9.47 Å². The highest BCUT2D eigenvalue weighted by Crippen LogP contribution is 2.35. The molecule has 2 saturated heterocycles. The Morgan fingerprint density at radius 2 is 1.91 bits per heavy atom. The number of rotatable bonds is 3. The van der Waals surface area contributed by atoms with Crippen molar-refractivity contribution in [2.24, 2.45) is 0 Å². The summed E-state index contributed by atoms with van der Waals surface area (Å²) < 4.78 is 11.3. The SMILES string of the molecule is O=C(c1cccc2c1OCCO2)N1CCC[C@@H]1CN1CCCC1. The largest absolute Gasteiger partial charge is 0.486 e. The number of likely N-dealkylation sites (tertiary alicyclic amines) is 2. The maximum Gasteiger partial charge on any atom is 0.258 e. The van der Waals surface area contributed by atoms with Gasteiger partial charge in [-0.15, -0.1) is 0 Å². The van der Waals surface area contributed by atoms with Gasteiger partial charge in [0.2, 0.25) is 0 Å². The number of nitrogens with zero attached hydrogens (tertiary/aromatic N) is 2. The number of amides is 1. The highest BCUT2D eigenvalue weighted by atomic mass is 16.6. The Morgan fingerprint density at radius 1 is 1.09 bits per heavy atom. The Bertz CT molecular complexity index is 584. The van der Waals surface area contributed by atoms with E-state index < -0.39 is 0 Å². The summed E-state index contributed by atoms with van der Waals surface area (Å²) in [6, 6.07) is 5.95. The fourth-order valence-corrected chi connectivity index (χ4v) is 3.95. The van der Waals surface area contributed by atoms with Gasteiger partial charge < -0.3 is 19.3 Å². The molecule has 0 aromatic heterocycles. The number of benzene rings is 1. The minimum absolute atomic E-state index is 0.0917. The van der Waals surface area contributed by atoms with Crippen LogP contribution in [0, 0.1) is 0 Å². The summed E-state index contributed by atoms with van der Waals surface area (Å²) in [5.74, 6) is 1.40. The third-order valence-electron chi connectivity index (χ3n) is 5.10. The topological polar surface area (TPSA) is 42.0 Å². The van der Waals surface area contributed by atoms with E-state index in [9.17, 15) is 4.79 Å². The average Bonchev–Trinajstić information content (AvgIpc) is 3.26. The van der Waals surface area contributed by atoms with Gasteiger partial charge in [0, 0.05) is 19.1 Å². The van der Waals surface area contributed by atoms with E-state index in [2.05, 4.69) is 4.90 Å². The standard InChI is InChI=1S/C18H24N2O3/c21-18(15-6-3-7-16-17(15)23-12-11-22-16)20-10-4-5-14(20)13-19-8-1-2-9-19/h3,6-7,14H,1-2,4-5,8-13H2/t14-/m1/s1. The molecule has 1 aromatic rings. The molecule has 0 bridgehead atoms. The van der Waals surface area contributed by atoms with Crippen LogP contribution >= 0.6 is 0 Å². The molecule has 4 rings (SSSR count). The zero-order valence-electron chi connectivity index (χ0n) is 13.5. The highest BCUT2D eigenvalue weighted by molar-refractivity contribution is 5.98. The summed E-state index contributed by atoms with van der Waals surface area (Å²) in [6.45, 7) is 5.27. The number of hydrogen-bond donors (Lipinski definition) is 0. The first-order chi connectivity index (χ1) is 11.3. The van der Waals surface area contributed by atoms with E-state index in [1.54, 1.807) is 0 Å². The average molecular weight is 316 g/mol. The van der Waals surface area contributed by atoms with Crippen molar-refractivity contribution in [1.29, 1.82) is 0 Å². The van der Waals surface area contributed by atoms with Crippen LogP contribution < -0.4 is 9.47 Å². The van der Waals surface area contributed by atoms with E-state index in [1.807, 2.05) is 23.1 Å². The summed E-state index contributed by atoms with van der Waals surface area (Å²) in [7, 11) is 0. The molecule has 1 atom stereocenters. The lowest BCUT2D eigenvalue weighted by molar-refractivity contribution is 0.0698. The first kappa shape index (κ1) is 14.8. The van der Waals surface area contributed by atoms with Gasteiger partial charge in [0.05, 0.1) is 5.56 Å². The minimum atomic E-state index is 0.0917. The van der Waals surface area contributed by atoms with Crippen LogP contribution in [0.4, 0.5) is 0 Å². The molecule has 124 valence electrons. The lowest BCUT2D eigenvalue weighted by Gasteiger charge is -2.29. The summed E-state index contributed by atoms with van der Waals surface area (Å²) in [5, 5.41) is 0. The second-order valence-electron chi connectivity index (χ2n) is 6.63. The van der Waals surface area contributed by atoms with Gasteiger partial charge in [-0.1, -0.05) is 6.07 Å². The Balaban J connectivity index is 1.53. The predicted molar refractivity (Wildman–Crippen MR) is 87.2 cm³/mol. The lowest BCUT2D eigenvalue weighted by Crippen LogP contribution is -2.42. The van der Waals surface area contributed by atoms with E-state index in [1.165, 1.54) is 25.9 Å². The van der Waals surface area contributed by atoms with Crippen LogP contribution in [-0.2, 0) is 0 Å². The highest BCUT2D eigenvalue weighted by Gasteiger charge is 2.33. The van der Waals surface area contributed by atoms with Gasteiger partial charge >= 0.3 is 0 Å². The second kappa shape index (κ2) is 6.40. The number of carbonyl (C=O) groups is 1. The van der Waals surface area contributed by atoms with Crippen LogP contribution in [0.1, 0.15) is 36.0 Å². The Kier molecular flexibility index (Phi) is 4.12. The molecule has 0 aliphatic carbocycles. The van der Waals surface area contributed by atoms with Crippen molar-refractivity contribution in [3.8, 4) is 11.5 Å². The Labute approximate surface area is 137 Å². The summed E-state index contributed by atoms with van der Waals surface area (Å²) in [5.41, 5.74) is 0.649. The van der Waals surface area contributed by atoms with Gasteiger partial charge in [-0.25, -0.2) is 0 Å². The van der Waals surface area contributed by atoms with Crippen LogP contribution in [0.15, 0.2) is 18.2 Å². The molecule has 3 aliphatic heterocycles. The van der Waals surface area contributed by atoms with Crippen molar-refractivity contribution in [3.63, 3.8) is 0 Å². The molecule has 1 aromatic carbocycles. The molecular formula is C18H24N2O3. The minimum Gasteiger partial charge on any atom is -0.486 e. The molecule has 1 amide bonds. The molecule has 3 heterocycles. The second-order valence-corrected chi connectivity index (χ2v) is 6.63. The van der Waals surface area contributed by atoms with Gasteiger partial charge in [0.25, 0.3) is 5.91 Å². The molecule has 23 heavy (non-hydrogen) atoms. The number of ether oxygens (including phenoxy) is 2. The zero-order valence-corrected chi connectivity index (χ0v) is 13.5. The molecule has 0 radical (unpaired) electrons. The third kappa shape index (κ3) is 2.90. The lowest BCUT2D eigenvalue weighted by atomic mass is 10.1. The number of para-hydroxylation sites is 1. The number of carbonyl (C=O) groups excluding carboxylic acids is 1. The Hall–Kier alpha value is -1.75. The van der Waals surface area contributed by atoms with Crippen LogP contribution in [0.25, 0.3) is 0 Å². The molecule has 0 saturated carbocycles. The molecule has 0 unspecified atom stereocenters. The van der Waals surface area contributed by atoms with E-state index >= 15 is 0 Å². The monoisotopic (exact) mass is 316 g/mol. The summed E-state index contributed by atoms with van der Waals surface area (Å²) in [6.07, 6.45) is 4.78. The van der Waals surface area contributed by atoms with Crippen molar-refractivity contribution >= 4 is 5.91 Å². The van der Waals surface area contributed by atoms with Crippen LogP contribution in [0.2, 0.25) is 0 Å². The van der Waals surface area contributed by atoms with Gasteiger partial charge in [0.1, 0.15) is 13.2 Å². The van der Waals surface area contributed by atoms with Crippen LogP contribution in [0.3, 0.4) is 0 Å². The molecule has 0 N–H and O–H groups in total. The van der Waals surface area contributed by atoms with Crippen LogP contribution in [-0.4, -0.2) is 61.1 Å². The molecule has 0 spiro atoms. The van der Waals surface area contributed by atoms with Crippen LogP contribution in [0.5, 0.6) is 11.5 Å². The Morgan fingerprint density at radius 3 is 2.78 bits per heavy atom. The molecular weight excluding hydrogens is 292 g/mol. The summed E-state index contributed by atoms with van der Waals surface area (Å²) in [4.78, 5) is 17.6. The molecule has 5 nitrogen and oxygen atoms in total. The number of fused-ring (bicyclic) bond motifs is 1. The number of hydrogen-bond acceptors (Lipinski definition) is 4. The molecule has 3 aliphatic rings. The van der Waals surface area contributed by atoms with Crippen molar-refractivity contribution < 1.29 is 14.3 Å². The third-order valence-corrected chi connectivity index (χ3v) is 5.10. The quantitative estimate of drug-likeness (QED) is 0.857. The van der Waals surface area contributed by atoms with E-state index in [-0.39, 0.29) is 5.91 Å².